The summed E-state index contributed by atoms with van der Waals surface area (Å²) in [6.45, 7) is 7.17. The van der Waals surface area contributed by atoms with Crippen molar-refractivity contribution >= 4 is 28.3 Å². The molecular formula is C27H37N5O. The van der Waals surface area contributed by atoms with Gasteiger partial charge in [-0.25, -0.2) is 4.98 Å². The number of likely N-dealkylation sites (tertiary alicyclic amines) is 1. The van der Waals surface area contributed by atoms with Gasteiger partial charge in [-0.15, -0.1) is 0 Å². The standard InChI is InChI=1S/C27H37N5O/c1-2-22-9-5-6-16-30(22)17-8-15-28-27(33)21-13-19-31(20-14-21)26-25-12-7-18-32(25)24-11-4-3-10-23(24)29-26/h3-4,7,10-12,18,21-22H,2,5-6,8-9,13-17,19-20H2,1H3,(H,28,33)/t22-/m0/s1. The number of nitrogens with zero attached hydrogens (tertiary/aromatic N) is 4. The van der Waals surface area contributed by atoms with Gasteiger partial charge in [-0.3, -0.25) is 4.79 Å². The normalized spacial score (nSPS) is 20.5. The third kappa shape index (κ3) is 4.72. The first-order chi connectivity index (χ1) is 16.2. The van der Waals surface area contributed by atoms with Crippen LogP contribution in [0.5, 0.6) is 0 Å². The Balaban J connectivity index is 1.13. The summed E-state index contributed by atoms with van der Waals surface area (Å²) in [5, 5.41) is 3.23. The zero-order chi connectivity index (χ0) is 22.6. The maximum Gasteiger partial charge on any atom is 0.223 e. The number of aromatic nitrogens is 2. The Labute approximate surface area is 197 Å². The zero-order valence-corrected chi connectivity index (χ0v) is 19.9. The van der Waals surface area contributed by atoms with Crippen molar-refractivity contribution in [2.75, 3.05) is 37.6 Å². The molecule has 4 heterocycles. The summed E-state index contributed by atoms with van der Waals surface area (Å²) >= 11 is 0. The van der Waals surface area contributed by atoms with E-state index in [1.807, 2.05) is 6.07 Å². The second-order valence-electron chi connectivity index (χ2n) is 9.69. The molecule has 3 aromatic rings. The number of para-hydroxylation sites is 2. The Bertz CT molecular complexity index is 1080. The molecule has 0 saturated carbocycles. The molecule has 2 aliphatic rings. The van der Waals surface area contributed by atoms with Crippen LogP contribution in [0.4, 0.5) is 5.82 Å². The molecule has 1 atom stereocenters. The van der Waals surface area contributed by atoms with Crippen LogP contribution in [0.3, 0.4) is 0 Å². The monoisotopic (exact) mass is 447 g/mol. The van der Waals surface area contributed by atoms with Gasteiger partial charge in [0, 0.05) is 44.3 Å². The summed E-state index contributed by atoms with van der Waals surface area (Å²) in [7, 11) is 0. The first-order valence-electron chi connectivity index (χ1n) is 12.9. The van der Waals surface area contributed by atoms with Gasteiger partial charge in [0.05, 0.1) is 16.6 Å². The lowest BCUT2D eigenvalue weighted by Gasteiger charge is -2.35. The van der Waals surface area contributed by atoms with E-state index in [2.05, 4.69) is 63.0 Å². The van der Waals surface area contributed by atoms with Crippen LogP contribution in [-0.2, 0) is 4.79 Å². The molecule has 2 aliphatic heterocycles. The SMILES string of the molecule is CC[C@H]1CCCCN1CCCNC(=O)C1CCN(c2nc3ccccc3n3cccc23)CC1. The number of benzene rings is 1. The predicted octanol–water partition coefficient (Wildman–Crippen LogP) is 4.47. The van der Waals surface area contributed by atoms with E-state index in [0.29, 0.717) is 0 Å². The summed E-state index contributed by atoms with van der Waals surface area (Å²) in [6.07, 6.45) is 10.2. The summed E-state index contributed by atoms with van der Waals surface area (Å²) in [5.41, 5.74) is 3.28. The van der Waals surface area contributed by atoms with Crippen molar-refractivity contribution in [3.05, 3.63) is 42.6 Å². The third-order valence-corrected chi connectivity index (χ3v) is 7.65. The predicted molar refractivity (Wildman–Crippen MR) is 135 cm³/mol. The number of hydrogen-bond acceptors (Lipinski definition) is 4. The molecule has 1 N–H and O–H groups in total. The third-order valence-electron chi connectivity index (χ3n) is 7.65. The highest BCUT2D eigenvalue weighted by atomic mass is 16.1. The highest BCUT2D eigenvalue weighted by Crippen LogP contribution is 2.29. The van der Waals surface area contributed by atoms with Crippen LogP contribution < -0.4 is 10.2 Å². The molecule has 2 saturated heterocycles. The average Bonchev–Trinajstić information content (AvgIpc) is 3.37. The zero-order valence-electron chi connectivity index (χ0n) is 19.9. The minimum Gasteiger partial charge on any atom is -0.356 e. The number of anilines is 1. The van der Waals surface area contributed by atoms with Crippen LogP contribution in [0.25, 0.3) is 16.6 Å². The summed E-state index contributed by atoms with van der Waals surface area (Å²) in [4.78, 5) is 22.8. The van der Waals surface area contributed by atoms with Gasteiger partial charge >= 0.3 is 0 Å². The van der Waals surface area contributed by atoms with E-state index in [9.17, 15) is 4.79 Å². The quantitative estimate of drug-likeness (QED) is 0.543. The molecule has 0 unspecified atom stereocenters. The van der Waals surface area contributed by atoms with Crippen LogP contribution in [0.2, 0.25) is 0 Å². The van der Waals surface area contributed by atoms with Gasteiger partial charge < -0.3 is 19.5 Å². The molecule has 0 bridgehead atoms. The van der Waals surface area contributed by atoms with Gasteiger partial charge in [0.25, 0.3) is 0 Å². The lowest BCUT2D eigenvalue weighted by atomic mass is 9.95. The van der Waals surface area contributed by atoms with E-state index in [4.69, 9.17) is 4.98 Å². The summed E-state index contributed by atoms with van der Waals surface area (Å²) in [6, 6.07) is 13.3. The number of carbonyl (C=O) groups is 1. The molecule has 1 amide bonds. The molecule has 6 heteroatoms. The van der Waals surface area contributed by atoms with Gasteiger partial charge in [0.2, 0.25) is 5.91 Å². The number of hydrogen-bond donors (Lipinski definition) is 1. The van der Waals surface area contributed by atoms with E-state index >= 15 is 0 Å². The molecule has 0 aliphatic carbocycles. The lowest BCUT2D eigenvalue weighted by molar-refractivity contribution is -0.125. The highest BCUT2D eigenvalue weighted by molar-refractivity contribution is 5.85. The maximum absolute atomic E-state index is 12.8. The number of piperidine rings is 2. The van der Waals surface area contributed by atoms with Gasteiger partial charge in [0.1, 0.15) is 0 Å². The summed E-state index contributed by atoms with van der Waals surface area (Å²) in [5.74, 6) is 1.38. The molecular weight excluding hydrogens is 410 g/mol. The van der Waals surface area contributed by atoms with Crippen molar-refractivity contribution in [3.63, 3.8) is 0 Å². The second kappa shape index (κ2) is 10.1. The Morgan fingerprint density at radius 1 is 1.03 bits per heavy atom. The molecule has 6 nitrogen and oxygen atoms in total. The molecule has 0 spiro atoms. The fraction of sp³-hybridized carbons (Fsp3) is 0.556. The van der Waals surface area contributed by atoms with Crippen LogP contribution >= 0.6 is 0 Å². The van der Waals surface area contributed by atoms with Crippen LogP contribution in [0, 0.1) is 5.92 Å². The number of nitrogens with one attached hydrogen (secondary N) is 1. The Morgan fingerprint density at radius 2 is 1.85 bits per heavy atom. The van der Waals surface area contributed by atoms with Gasteiger partial charge in [0.15, 0.2) is 5.82 Å². The number of carbonyl (C=O) groups excluding carboxylic acids is 1. The van der Waals surface area contributed by atoms with E-state index in [1.165, 1.54) is 32.2 Å². The van der Waals surface area contributed by atoms with Gasteiger partial charge in [-0.2, -0.15) is 0 Å². The van der Waals surface area contributed by atoms with Crippen molar-refractivity contribution in [1.29, 1.82) is 0 Å². The minimum atomic E-state index is 0.114. The van der Waals surface area contributed by atoms with Crippen LogP contribution in [0.15, 0.2) is 42.6 Å². The van der Waals surface area contributed by atoms with Crippen molar-refractivity contribution in [2.24, 2.45) is 5.92 Å². The Morgan fingerprint density at radius 3 is 2.70 bits per heavy atom. The van der Waals surface area contributed by atoms with Crippen LogP contribution in [0.1, 0.15) is 51.9 Å². The first kappa shape index (κ1) is 22.2. The molecule has 33 heavy (non-hydrogen) atoms. The Hall–Kier alpha value is -2.60. The van der Waals surface area contributed by atoms with Crippen molar-refractivity contribution in [3.8, 4) is 0 Å². The first-order valence-corrected chi connectivity index (χ1v) is 12.9. The fourth-order valence-electron chi connectivity index (χ4n) is 5.75. The minimum absolute atomic E-state index is 0.114. The van der Waals surface area contributed by atoms with E-state index < -0.39 is 0 Å². The van der Waals surface area contributed by atoms with Crippen LogP contribution in [-0.4, -0.2) is 59.0 Å². The van der Waals surface area contributed by atoms with Gasteiger partial charge in [-0.1, -0.05) is 25.5 Å². The van der Waals surface area contributed by atoms with Crippen molar-refractivity contribution in [1.82, 2.24) is 19.6 Å². The number of amides is 1. The molecule has 2 aromatic heterocycles. The largest absolute Gasteiger partial charge is 0.356 e. The average molecular weight is 448 g/mol. The van der Waals surface area contributed by atoms with E-state index in [-0.39, 0.29) is 11.8 Å². The Kier molecular flexibility index (Phi) is 6.81. The maximum atomic E-state index is 12.8. The molecule has 2 fully saturated rings. The smallest absolute Gasteiger partial charge is 0.223 e. The lowest BCUT2D eigenvalue weighted by Crippen LogP contribution is -2.43. The topological polar surface area (TPSA) is 52.9 Å². The number of rotatable bonds is 7. The molecule has 5 rings (SSSR count). The molecule has 176 valence electrons. The number of fused-ring (bicyclic) bond motifs is 3. The highest BCUT2D eigenvalue weighted by Gasteiger charge is 2.27. The second-order valence-corrected chi connectivity index (χ2v) is 9.69. The molecule has 1 aromatic carbocycles. The van der Waals surface area contributed by atoms with Crippen molar-refractivity contribution in [2.45, 2.75) is 57.9 Å². The van der Waals surface area contributed by atoms with E-state index in [0.717, 1.165) is 73.9 Å². The summed E-state index contributed by atoms with van der Waals surface area (Å²) < 4.78 is 2.22. The van der Waals surface area contributed by atoms with E-state index in [1.54, 1.807) is 0 Å². The fourth-order valence-corrected chi connectivity index (χ4v) is 5.75. The molecule has 0 radical (unpaired) electrons. The van der Waals surface area contributed by atoms with Crippen molar-refractivity contribution < 1.29 is 4.79 Å². The van der Waals surface area contributed by atoms with Gasteiger partial charge in [-0.05, 0) is 69.3 Å².